The van der Waals surface area contributed by atoms with Crippen LogP contribution in [0, 0.1) is 5.92 Å². The molecule has 0 aromatic rings. The Hall–Kier alpha value is -0.710. The van der Waals surface area contributed by atoms with E-state index in [-0.39, 0.29) is 17.7 Å². The summed E-state index contributed by atoms with van der Waals surface area (Å²) in [7, 11) is 0. The molecule has 0 aromatic heterocycles. The van der Waals surface area contributed by atoms with Gasteiger partial charge in [0, 0.05) is 6.42 Å². The fourth-order valence-electron chi connectivity index (χ4n) is 0.531. The van der Waals surface area contributed by atoms with Gasteiger partial charge in [0.05, 0.1) is 4.75 Å². The van der Waals surface area contributed by atoms with Crippen LogP contribution in [0.15, 0.2) is 0 Å². The molecule has 1 atom stereocenters. The summed E-state index contributed by atoms with van der Waals surface area (Å²) in [6, 6.07) is 0. The van der Waals surface area contributed by atoms with Gasteiger partial charge in [0.2, 0.25) is 11.8 Å². The number of thiol groups is 1. The van der Waals surface area contributed by atoms with E-state index in [1.807, 2.05) is 20.8 Å². The summed E-state index contributed by atoms with van der Waals surface area (Å²) >= 11 is 4.10. The number of primary amides is 2. The van der Waals surface area contributed by atoms with E-state index in [1.54, 1.807) is 6.92 Å². The highest BCUT2D eigenvalue weighted by Crippen LogP contribution is 2.22. The van der Waals surface area contributed by atoms with Crippen LogP contribution >= 0.6 is 12.6 Å². The molecular weight excluding hydrogens is 212 g/mol. The van der Waals surface area contributed by atoms with Crippen LogP contribution in [0.3, 0.4) is 0 Å². The lowest BCUT2D eigenvalue weighted by molar-refractivity contribution is -0.121. The summed E-state index contributed by atoms with van der Waals surface area (Å²) in [4.78, 5) is 20.4. The predicted molar refractivity (Wildman–Crippen MR) is 65.5 cm³/mol. The SMILES string of the molecule is CC(C)[C@](C)(S)C(N)=O.CCCC(N)=O. The molecule has 0 bridgehead atoms. The first-order chi connectivity index (χ1) is 6.66. The van der Waals surface area contributed by atoms with Crippen LogP contribution in [0.1, 0.15) is 40.5 Å². The highest BCUT2D eigenvalue weighted by molar-refractivity contribution is 7.82. The monoisotopic (exact) mass is 234 g/mol. The smallest absolute Gasteiger partial charge is 0.233 e. The van der Waals surface area contributed by atoms with Crippen molar-refractivity contribution >= 4 is 24.4 Å². The Morgan fingerprint density at radius 2 is 1.73 bits per heavy atom. The Labute approximate surface area is 97.2 Å². The van der Waals surface area contributed by atoms with Crippen LogP contribution in [-0.4, -0.2) is 16.6 Å². The molecule has 0 saturated heterocycles. The molecule has 0 aromatic carbocycles. The topological polar surface area (TPSA) is 86.2 Å². The van der Waals surface area contributed by atoms with Crippen molar-refractivity contribution in [2.75, 3.05) is 0 Å². The third-order valence-electron chi connectivity index (χ3n) is 2.12. The quantitative estimate of drug-likeness (QED) is 0.636. The first-order valence-corrected chi connectivity index (χ1v) is 5.41. The zero-order valence-electron chi connectivity index (χ0n) is 9.91. The molecule has 0 aliphatic rings. The fourth-order valence-corrected chi connectivity index (χ4v) is 0.531. The average Bonchev–Trinajstić information content (AvgIpc) is 2.04. The van der Waals surface area contributed by atoms with Crippen LogP contribution in [0.4, 0.5) is 0 Å². The molecule has 90 valence electrons. The molecule has 0 heterocycles. The van der Waals surface area contributed by atoms with Gasteiger partial charge in [-0.1, -0.05) is 20.8 Å². The molecule has 0 spiro atoms. The van der Waals surface area contributed by atoms with E-state index in [4.69, 9.17) is 11.5 Å². The van der Waals surface area contributed by atoms with Gasteiger partial charge in [-0.05, 0) is 19.3 Å². The van der Waals surface area contributed by atoms with Gasteiger partial charge < -0.3 is 11.5 Å². The van der Waals surface area contributed by atoms with Crippen molar-refractivity contribution in [2.24, 2.45) is 17.4 Å². The minimum Gasteiger partial charge on any atom is -0.370 e. The molecule has 4 N–H and O–H groups in total. The number of hydrogen-bond donors (Lipinski definition) is 3. The third kappa shape index (κ3) is 8.30. The van der Waals surface area contributed by atoms with Crippen LogP contribution in [0.25, 0.3) is 0 Å². The standard InChI is InChI=1S/C6H13NOS.C4H9NO/c1-4(2)6(3,9)5(7)8;1-2-3-4(5)6/h4,9H,1-3H3,(H2,7,8);2-3H2,1H3,(H2,5,6)/t6-;/m0./s1. The maximum atomic E-state index is 10.6. The first-order valence-electron chi connectivity index (χ1n) is 4.96. The fraction of sp³-hybridized carbons (Fsp3) is 0.800. The van der Waals surface area contributed by atoms with Gasteiger partial charge in [-0.2, -0.15) is 12.6 Å². The van der Waals surface area contributed by atoms with E-state index in [0.29, 0.717) is 6.42 Å². The van der Waals surface area contributed by atoms with Gasteiger partial charge in [0.1, 0.15) is 0 Å². The highest BCUT2D eigenvalue weighted by atomic mass is 32.1. The van der Waals surface area contributed by atoms with E-state index in [9.17, 15) is 9.59 Å². The second-order valence-electron chi connectivity index (χ2n) is 3.88. The minimum atomic E-state index is -0.667. The molecule has 0 aliphatic carbocycles. The zero-order chi connectivity index (χ0) is 12.6. The predicted octanol–water partition coefficient (Wildman–Crippen LogP) is 1.09. The van der Waals surface area contributed by atoms with Gasteiger partial charge in [-0.25, -0.2) is 0 Å². The van der Waals surface area contributed by atoms with Crippen molar-refractivity contribution in [1.82, 2.24) is 0 Å². The molecule has 15 heavy (non-hydrogen) atoms. The lowest BCUT2D eigenvalue weighted by Gasteiger charge is -2.23. The largest absolute Gasteiger partial charge is 0.370 e. The number of nitrogens with two attached hydrogens (primary N) is 2. The zero-order valence-corrected chi connectivity index (χ0v) is 10.8. The van der Waals surface area contributed by atoms with Gasteiger partial charge >= 0.3 is 0 Å². The van der Waals surface area contributed by atoms with Crippen molar-refractivity contribution in [3.05, 3.63) is 0 Å². The molecule has 0 fully saturated rings. The van der Waals surface area contributed by atoms with Crippen molar-refractivity contribution in [3.8, 4) is 0 Å². The second-order valence-corrected chi connectivity index (χ2v) is 4.81. The lowest BCUT2D eigenvalue weighted by Crippen LogP contribution is -2.40. The maximum Gasteiger partial charge on any atom is 0.233 e. The Kier molecular flexibility index (Phi) is 8.43. The summed E-state index contributed by atoms with van der Waals surface area (Å²) in [6.45, 7) is 7.48. The molecule has 0 radical (unpaired) electrons. The molecular formula is C10H22N2O2S. The number of carbonyl (C=O) groups excluding carboxylic acids is 2. The van der Waals surface area contributed by atoms with Crippen molar-refractivity contribution < 1.29 is 9.59 Å². The van der Waals surface area contributed by atoms with Gasteiger partial charge in [0.25, 0.3) is 0 Å². The molecule has 0 saturated carbocycles. The third-order valence-corrected chi connectivity index (χ3v) is 2.86. The minimum absolute atomic E-state index is 0.179. The van der Waals surface area contributed by atoms with Crippen molar-refractivity contribution in [1.29, 1.82) is 0 Å². The van der Waals surface area contributed by atoms with E-state index in [2.05, 4.69) is 12.6 Å². The molecule has 2 amide bonds. The number of rotatable bonds is 4. The van der Waals surface area contributed by atoms with E-state index in [0.717, 1.165) is 6.42 Å². The molecule has 0 unspecified atom stereocenters. The van der Waals surface area contributed by atoms with Crippen molar-refractivity contribution in [3.63, 3.8) is 0 Å². The second kappa shape index (κ2) is 7.56. The summed E-state index contributed by atoms with van der Waals surface area (Å²) in [5.74, 6) is -0.392. The van der Waals surface area contributed by atoms with Crippen LogP contribution in [0.5, 0.6) is 0 Å². The first kappa shape index (κ1) is 16.7. The van der Waals surface area contributed by atoms with E-state index < -0.39 is 4.75 Å². The average molecular weight is 234 g/mol. The Bertz CT molecular complexity index is 215. The molecule has 0 aliphatic heterocycles. The number of amides is 2. The summed E-state index contributed by atoms with van der Waals surface area (Å²) < 4.78 is -0.667. The number of carbonyl (C=O) groups is 2. The molecule has 4 nitrogen and oxygen atoms in total. The maximum absolute atomic E-state index is 10.6. The highest BCUT2D eigenvalue weighted by Gasteiger charge is 2.29. The van der Waals surface area contributed by atoms with E-state index in [1.165, 1.54) is 0 Å². The number of hydrogen-bond acceptors (Lipinski definition) is 3. The van der Waals surface area contributed by atoms with E-state index >= 15 is 0 Å². The van der Waals surface area contributed by atoms with Gasteiger partial charge in [0.15, 0.2) is 0 Å². The van der Waals surface area contributed by atoms with Gasteiger partial charge in [-0.3, -0.25) is 9.59 Å². The molecule has 0 rings (SSSR count). The Morgan fingerprint density at radius 1 is 1.33 bits per heavy atom. The normalized spacial score (nSPS) is 13.7. The van der Waals surface area contributed by atoms with Crippen LogP contribution < -0.4 is 11.5 Å². The molecule has 5 heteroatoms. The Balaban J connectivity index is 0. The summed E-state index contributed by atoms with van der Waals surface area (Å²) in [6.07, 6.45) is 1.37. The van der Waals surface area contributed by atoms with Crippen LogP contribution in [0.2, 0.25) is 0 Å². The summed E-state index contributed by atoms with van der Waals surface area (Å²) in [5, 5.41) is 0. The van der Waals surface area contributed by atoms with Crippen LogP contribution in [-0.2, 0) is 9.59 Å². The van der Waals surface area contributed by atoms with Crippen molar-refractivity contribution in [2.45, 2.75) is 45.3 Å². The van der Waals surface area contributed by atoms with Gasteiger partial charge in [-0.15, -0.1) is 0 Å². The lowest BCUT2D eigenvalue weighted by atomic mass is 9.96. The Morgan fingerprint density at radius 3 is 1.73 bits per heavy atom. The summed E-state index contributed by atoms with van der Waals surface area (Å²) in [5.41, 5.74) is 9.82.